The van der Waals surface area contributed by atoms with Gasteiger partial charge in [-0.25, -0.2) is 0 Å². The molecule has 2 heterocycles. The van der Waals surface area contributed by atoms with Crippen LogP contribution in [0.2, 0.25) is 0 Å². The molecular formula is C21H20N2O4. The number of hydrogen-bond acceptors (Lipinski definition) is 4. The molecule has 1 fully saturated rings. The van der Waals surface area contributed by atoms with Gasteiger partial charge in [-0.2, -0.15) is 0 Å². The molecule has 0 bridgehead atoms. The van der Waals surface area contributed by atoms with Gasteiger partial charge in [0, 0.05) is 30.3 Å². The maximum Gasteiger partial charge on any atom is 0.251 e. The average Bonchev–Trinajstić information content (AvgIpc) is 3.29. The van der Waals surface area contributed by atoms with Crippen LogP contribution in [0.15, 0.2) is 36.4 Å². The predicted octanol–water partition coefficient (Wildman–Crippen LogP) is 2.64. The van der Waals surface area contributed by atoms with Crippen LogP contribution in [0.4, 0.5) is 5.69 Å². The van der Waals surface area contributed by atoms with Crippen LogP contribution < -0.4 is 19.7 Å². The lowest BCUT2D eigenvalue weighted by Crippen LogP contribution is -2.30. The van der Waals surface area contributed by atoms with Gasteiger partial charge in [-0.3, -0.25) is 9.59 Å². The van der Waals surface area contributed by atoms with Gasteiger partial charge in [0.25, 0.3) is 5.91 Å². The molecule has 6 nitrogen and oxygen atoms in total. The molecule has 2 aromatic rings. The van der Waals surface area contributed by atoms with Crippen molar-refractivity contribution in [3.05, 3.63) is 53.1 Å². The second-order valence-corrected chi connectivity index (χ2v) is 7.23. The Morgan fingerprint density at radius 1 is 1.07 bits per heavy atom. The van der Waals surface area contributed by atoms with E-state index in [-0.39, 0.29) is 24.5 Å². The zero-order valence-corrected chi connectivity index (χ0v) is 14.9. The van der Waals surface area contributed by atoms with Gasteiger partial charge >= 0.3 is 0 Å². The lowest BCUT2D eigenvalue weighted by Gasteiger charge is -2.17. The lowest BCUT2D eigenvalue weighted by atomic mass is 10.1. The van der Waals surface area contributed by atoms with Crippen LogP contribution in [-0.2, 0) is 17.8 Å². The first-order chi connectivity index (χ1) is 13.2. The van der Waals surface area contributed by atoms with Gasteiger partial charge < -0.3 is 19.7 Å². The van der Waals surface area contributed by atoms with Crippen LogP contribution in [0.3, 0.4) is 0 Å². The van der Waals surface area contributed by atoms with E-state index in [1.807, 2.05) is 35.2 Å². The topological polar surface area (TPSA) is 67.9 Å². The van der Waals surface area contributed by atoms with Gasteiger partial charge in [0.1, 0.15) is 0 Å². The fourth-order valence-corrected chi connectivity index (χ4v) is 3.66. The van der Waals surface area contributed by atoms with Crippen molar-refractivity contribution in [2.45, 2.75) is 25.8 Å². The Kier molecular flexibility index (Phi) is 3.77. The summed E-state index contributed by atoms with van der Waals surface area (Å²) in [5.41, 5.74) is 3.60. The Balaban J connectivity index is 1.26. The largest absolute Gasteiger partial charge is 0.454 e. The zero-order chi connectivity index (χ0) is 18.4. The predicted molar refractivity (Wildman–Crippen MR) is 99.0 cm³/mol. The smallest absolute Gasteiger partial charge is 0.251 e. The van der Waals surface area contributed by atoms with Crippen molar-refractivity contribution in [1.82, 2.24) is 5.32 Å². The normalized spacial score (nSPS) is 17.0. The summed E-state index contributed by atoms with van der Waals surface area (Å²) in [5.74, 6) is 1.76. The highest BCUT2D eigenvalue weighted by Gasteiger charge is 2.36. The molecule has 3 aliphatic rings. The summed E-state index contributed by atoms with van der Waals surface area (Å²) < 4.78 is 10.7. The third kappa shape index (κ3) is 3.01. The van der Waals surface area contributed by atoms with Gasteiger partial charge in [-0.05, 0) is 60.7 Å². The number of benzene rings is 2. The zero-order valence-electron chi connectivity index (χ0n) is 14.9. The van der Waals surface area contributed by atoms with Crippen molar-refractivity contribution >= 4 is 17.5 Å². The number of hydrogen-bond donors (Lipinski definition) is 1. The Bertz CT molecular complexity index is 936. The molecule has 5 rings (SSSR count). The Hall–Kier alpha value is -3.02. The number of carbonyl (C=O) groups is 2. The van der Waals surface area contributed by atoms with Crippen LogP contribution in [0.25, 0.3) is 0 Å². The minimum absolute atomic E-state index is 0.123. The van der Waals surface area contributed by atoms with E-state index in [1.165, 1.54) is 0 Å². The molecule has 1 N–H and O–H groups in total. The van der Waals surface area contributed by atoms with Crippen LogP contribution in [0.5, 0.6) is 11.5 Å². The summed E-state index contributed by atoms with van der Waals surface area (Å²) in [6, 6.07) is 11.3. The number of fused-ring (bicyclic) bond motifs is 2. The highest BCUT2D eigenvalue weighted by molar-refractivity contribution is 6.00. The van der Waals surface area contributed by atoms with Gasteiger partial charge in [-0.15, -0.1) is 0 Å². The van der Waals surface area contributed by atoms with E-state index >= 15 is 0 Å². The van der Waals surface area contributed by atoms with Crippen molar-refractivity contribution in [3.8, 4) is 11.5 Å². The molecule has 0 saturated heterocycles. The molecule has 0 unspecified atom stereocenters. The molecule has 2 amide bonds. The summed E-state index contributed by atoms with van der Waals surface area (Å²) in [6.07, 6.45) is 2.81. The quantitative estimate of drug-likeness (QED) is 0.906. The molecule has 0 atom stereocenters. The molecule has 0 aromatic heterocycles. The van der Waals surface area contributed by atoms with Crippen LogP contribution in [0, 0.1) is 5.92 Å². The molecule has 6 heteroatoms. The van der Waals surface area contributed by atoms with Crippen molar-refractivity contribution < 1.29 is 19.1 Å². The average molecular weight is 364 g/mol. The number of carbonyl (C=O) groups excluding carboxylic acids is 2. The summed E-state index contributed by atoms with van der Waals surface area (Å²) in [7, 11) is 0. The lowest BCUT2D eigenvalue weighted by molar-refractivity contribution is -0.119. The number of amides is 2. The summed E-state index contributed by atoms with van der Waals surface area (Å²) in [6.45, 7) is 1.37. The van der Waals surface area contributed by atoms with Gasteiger partial charge in [0.05, 0.1) is 0 Å². The maximum atomic E-state index is 12.5. The Morgan fingerprint density at radius 2 is 1.93 bits per heavy atom. The van der Waals surface area contributed by atoms with Crippen molar-refractivity contribution in [2.75, 3.05) is 18.2 Å². The van der Waals surface area contributed by atoms with E-state index in [9.17, 15) is 9.59 Å². The van der Waals surface area contributed by atoms with E-state index in [4.69, 9.17) is 9.47 Å². The summed E-state index contributed by atoms with van der Waals surface area (Å²) >= 11 is 0. The SMILES string of the molecule is O=C(NCc1ccc2c(c1)OCO2)c1ccc2c(c1)CCN2C(=O)C1CC1. The van der Waals surface area contributed by atoms with Crippen LogP contribution in [-0.4, -0.2) is 25.2 Å². The first kappa shape index (κ1) is 16.2. The number of nitrogens with zero attached hydrogens (tertiary/aromatic N) is 1. The monoisotopic (exact) mass is 364 g/mol. The summed E-state index contributed by atoms with van der Waals surface area (Å²) in [4.78, 5) is 26.8. The first-order valence-corrected chi connectivity index (χ1v) is 9.30. The number of rotatable bonds is 4. The minimum Gasteiger partial charge on any atom is -0.454 e. The van der Waals surface area contributed by atoms with Crippen molar-refractivity contribution in [2.24, 2.45) is 5.92 Å². The van der Waals surface area contributed by atoms with Gasteiger partial charge in [0.2, 0.25) is 12.7 Å². The van der Waals surface area contributed by atoms with E-state index < -0.39 is 0 Å². The van der Waals surface area contributed by atoms with E-state index in [0.717, 1.165) is 41.8 Å². The Morgan fingerprint density at radius 3 is 2.78 bits per heavy atom. The molecule has 0 radical (unpaired) electrons. The number of anilines is 1. The highest BCUT2D eigenvalue weighted by atomic mass is 16.7. The molecule has 1 aliphatic carbocycles. The second-order valence-electron chi connectivity index (χ2n) is 7.23. The minimum atomic E-state index is -0.123. The fraction of sp³-hybridized carbons (Fsp3) is 0.333. The number of nitrogens with one attached hydrogen (secondary N) is 1. The molecular weight excluding hydrogens is 344 g/mol. The highest BCUT2D eigenvalue weighted by Crippen LogP contribution is 2.37. The first-order valence-electron chi connectivity index (χ1n) is 9.30. The molecule has 138 valence electrons. The van der Waals surface area contributed by atoms with E-state index in [1.54, 1.807) is 6.07 Å². The summed E-state index contributed by atoms with van der Waals surface area (Å²) in [5, 5.41) is 2.94. The standard InChI is InChI=1S/C21H20N2O4/c24-20(22-11-13-1-6-18-19(9-13)27-12-26-18)16-4-5-17-15(10-16)7-8-23(17)21(25)14-2-3-14/h1,4-6,9-10,14H,2-3,7-8,11-12H2,(H,22,24). The van der Waals surface area contributed by atoms with Crippen molar-refractivity contribution in [3.63, 3.8) is 0 Å². The maximum absolute atomic E-state index is 12.5. The third-order valence-electron chi connectivity index (χ3n) is 5.32. The van der Waals surface area contributed by atoms with Gasteiger partial charge in [-0.1, -0.05) is 6.07 Å². The third-order valence-corrected chi connectivity index (χ3v) is 5.32. The Labute approximate surface area is 157 Å². The molecule has 0 spiro atoms. The molecule has 1 saturated carbocycles. The fourth-order valence-electron chi connectivity index (χ4n) is 3.66. The van der Waals surface area contributed by atoms with Crippen LogP contribution >= 0.6 is 0 Å². The van der Waals surface area contributed by atoms with Crippen molar-refractivity contribution in [1.29, 1.82) is 0 Å². The second kappa shape index (κ2) is 6.30. The van der Waals surface area contributed by atoms with E-state index in [0.29, 0.717) is 24.4 Å². The molecule has 2 aromatic carbocycles. The van der Waals surface area contributed by atoms with Gasteiger partial charge in [0.15, 0.2) is 11.5 Å². The molecule has 27 heavy (non-hydrogen) atoms. The number of ether oxygens (including phenoxy) is 2. The van der Waals surface area contributed by atoms with Crippen LogP contribution in [0.1, 0.15) is 34.3 Å². The molecule has 2 aliphatic heterocycles. The van der Waals surface area contributed by atoms with E-state index in [2.05, 4.69) is 5.32 Å².